The van der Waals surface area contributed by atoms with Crippen LogP contribution in [0.25, 0.3) is 0 Å². The maximum atomic E-state index is 13.5. The second-order valence-corrected chi connectivity index (χ2v) is 13.6. The number of ketones is 1. The third kappa shape index (κ3) is 8.80. The molecule has 0 spiro atoms. The number of hydrogen-bond donors (Lipinski definition) is 4. The SMILES string of the molecule is CC(C)CC(NC(=O)[C@H](CO)NC(=O)C(CCCCCCCCN1C(=O)c2ccccc2C1=O)C1CCCC1)C(=O)[C@@]1(CO)CO1. The lowest BCUT2D eigenvalue weighted by Gasteiger charge is -2.27. The first-order valence-corrected chi connectivity index (χ1v) is 17.1. The monoisotopic (exact) mass is 641 g/mol. The number of epoxide rings is 1. The molecule has 2 aliphatic heterocycles. The van der Waals surface area contributed by atoms with E-state index in [-0.39, 0.29) is 42.1 Å². The van der Waals surface area contributed by atoms with E-state index in [9.17, 15) is 34.2 Å². The molecule has 1 aromatic carbocycles. The fraction of sp³-hybridized carbons (Fsp3) is 0.686. The van der Waals surface area contributed by atoms with Gasteiger partial charge in [0.15, 0.2) is 11.4 Å². The third-order valence-corrected chi connectivity index (χ3v) is 9.68. The minimum Gasteiger partial charge on any atom is -0.394 e. The molecule has 1 aromatic rings. The molecule has 0 aromatic heterocycles. The molecule has 4 rings (SSSR count). The van der Waals surface area contributed by atoms with E-state index in [1.807, 2.05) is 13.8 Å². The quantitative estimate of drug-likeness (QED) is 0.0958. The first-order chi connectivity index (χ1) is 22.1. The zero-order valence-electron chi connectivity index (χ0n) is 27.3. The molecular formula is C35H51N3O8. The van der Waals surface area contributed by atoms with Crippen LogP contribution >= 0.6 is 0 Å². The molecule has 4 amide bonds. The van der Waals surface area contributed by atoms with Crippen molar-refractivity contribution in [1.82, 2.24) is 15.5 Å². The van der Waals surface area contributed by atoms with Gasteiger partial charge in [-0.25, -0.2) is 0 Å². The van der Waals surface area contributed by atoms with Crippen LogP contribution in [0.3, 0.4) is 0 Å². The predicted molar refractivity (Wildman–Crippen MR) is 171 cm³/mol. The predicted octanol–water partition coefficient (Wildman–Crippen LogP) is 3.16. The van der Waals surface area contributed by atoms with Crippen LogP contribution in [0.2, 0.25) is 0 Å². The van der Waals surface area contributed by atoms with Crippen molar-refractivity contribution in [2.45, 2.75) is 109 Å². The number of benzene rings is 1. The number of aliphatic hydroxyl groups is 2. The Morgan fingerprint density at radius 1 is 0.891 bits per heavy atom. The lowest BCUT2D eigenvalue weighted by atomic mass is 9.85. The molecule has 0 bridgehead atoms. The molecule has 2 heterocycles. The summed E-state index contributed by atoms with van der Waals surface area (Å²) in [7, 11) is 0. The van der Waals surface area contributed by atoms with E-state index >= 15 is 0 Å². The molecule has 11 nitrogen and oxygen atoms in total. The molecule has 1 aliphatic carbocycles. The van der Waals surface area contributed by atoms with Gasteiger partial charge in [-0.15, -0.1) is 0 Å². The Hall–Kier alpha value is -3.15. The van der Waals surface area contributed by atoms with Gasteiger partial charge in [0.05, 0.1) is 37.0 Å². The zero-order valence-corrected chi connectivity index (χ0v) is 27.3. The number of ether oxygens (including phenoxy) is 1. The highest BCUT2D eigenvalue weighted by Crippen LogP contribution is 2.35. The summed E-state index contributed by atoms with van der Waals surface area (Å²) in [4.78, 5) is 66.1. The molecule has 2 fully saturated rings. The number of carbonyl (C=O) groups excluding carboxylic acids is 5. The average Bonchev–Trinajstić information content (AvgIpc) is 3.59. The maximum Gasteiger partial charge on any atom is 0.261 e. The van der Waals surface area contributed by atoms with Gasteiger partial charge in [-0.05, 0) is 56.1 Å². The number of aliphatic hydroxyl groups excluding tert-OH is 2. The van der Waals surface area contributed by atoms with Gasteiger partial charge in [-0.1, -0.05) is 70.9 Å². The molecule has 46 heavy (non-hydrogen) atoms. The average molecular weight is 642 g/mol. The van der Waals surface area contributed by atoms with Gasteiger partial charge in [-0.3, -0.25) is 28.9 Å². The van der Waals surface area contributed by atoms with Crippen molar-refractivity contribution in [1.29, 1.82) is 0 Å². The van der Waals surface area contributed by atoms with E-state index in [0.29, 0.717) is 30.5 Å². The summed E-state index contributed by atoms with van der Waals surface area (Å²) in [6.07, 6.45) is 10.5. The van der Waals surface area contributed by atoms with Crippen LogP contribution in [0, 0.1) is 17.8 Å². The first-order valence-electron chi connectivity index (χ1n) is 17.1. The lowest BCUT2D eigenvalue weighted by molar-refractivity contribution is -0.136. The van der Waals surface area contributed by atoms with Gasteiger partial charge in [0.2, 0.25) is 11.8 Å². The number of nitrogens with zero attached hydrogens (tertiary/aromatic N) is 1. The normalized spacial score (nSPS) is 21.3. The summed E-state index contributed by atoms with van der Waals surface area (Å²) in [5.74, 6) is -1.66. The molecule has 4 atom stereocenters. The summed E-state index contributed by atoms with van der Waals surface area (Å²) in [6, 6.07) is 4.83. The number of amides is 4. The molecule has 4 N–H and O–H groups in total. The number of carbonyl (C=O) groups is 5. The van der Waals surface area contributed by atoms with Crippen LogP contribution in [0.1, 0.15) is 112 Å². The van der Waals surface area contributed by atoms with E-state index < -0.39 is 42.6 Å². The number of imide groups is 1. The molecule has 254 valence electrons. The van der Waals surface area contributed by atoms with E-state index in [4.69, 9.17) is 4.74 Å². The lowest BCUT2D eigenvalue weighted by Crippen LogP contribution is -2.56. The van der Waals surface area contributed by atoms with Crippen LogP contribution < -0.4 is 10.6 Å². The number of unbranched alkanes of at least 4 members (excludes halogenated alkanes) is 5. The number of fused-ring (bicyclic) bond motifs is 1. The summed E-state index contributed by atoms with van der Waals surface area (Å²) in [6.45, 7) is 3.29. The Morgan fingerprint density at radius 2 is 1.46 bits per heavy atom. The Kier molecular flexibility index (Phi) is 12.9. The van der Waals surface area contributed by atoms with Gasteiger partial charge in [-0.2, -0.15) is 0 Å². The topological polar surface area (TPSA) is 166 Å². The van der Waals surface area contributed by atoms with E-state index in [2.05, 4.69) is 10.6 Å². The Balaban J connectivity index is 1.21. The highest BCUT2D eigenvalue weighted by Gasteiger charge is 2.54. The summed E-state index contributed by atoms with van der Waals surface area (Å²) < 4.78 is 5.21. The third-order valence-electron chi connectivity index (χ3n) is 9.68. The van der Waals surface area contributed by atoms with Gasteiger partial charge in [0.1, 0.15) is 6.04 Å². The zero-order chi connectivity index (χ0) is 33.3. The molecule has 3 aliphatic rings. The van der Waals surface area contributed by atoms with Crippen LogP contribution in [0.15, 0.2) is 24.3 Å². The fourth-order valence-electron chi connectivity index (χ4n) is 6.89. The summed E-state index contributed by atoms with van der Waals surface area (Å²) in [5.41, 5.74) is -0.328. The number of nitrogens with one attached hydrogen (secondary N) is 2. The van der Waals surface area contributed by atoms with Crippen molar-refractivity contribution in [3.05, 3.63) is 35.4 Å². The molecule has 1 saturated carbocycles. The fourth-order valence-corrected chi connectivity index (χ4v) is 6.89. The van der Waals surface area contributed by atoms with Crippen molar-refractivity contribution in [2.24, 2.45) is 17.8 Å². The number of rotatable bonds is 20. The van der Waals surface area contributed by atoms with Gasteiger partial charge < -0.3 is 25.6 Å². The molecule has 0 radical (unpaired) electrons. The van der Waals surface area contributed by atoms with Gasteiger partial charge in [0, 0.05) is 12.5 Å². The number of Topliss-reactive ketones (excluding diaryl/α,β-unsaturated/α-hetero) is 1. The molecule has 2 unspecified atom stereocenters. The second-order valence-electron chi connectivity index (χ2n) is 13.6. The molecule has 1 saturated heterocycles. The van der Waals surface area contributed by atoms with Crippen LogP contribution in [0.5, 0.6) is 0 Å². The highest BCUT2D eigenvalue weighted by molar-refractivity contribution is 6.21. The highest BCUT2D eigenvalue weighted by atomic mass is 16.6. The minimum absolute atomic E-state index is 0.0778. The van der Waals surface area contributed by atoms with Crippen LogP contribution in [0.4, 0.5) is 0 Å². The first kappa shape index (κ1) is 35.7. The van der Waals surface area contributed by atoms with Crippen LogP contribution in [-0.4, -0.2) is 88.6 Å². The Labute approximate surface area is 271 Å². The largest absolute Gasteiger partial charge is 0.394 e. The van der Waals surface area contributed by atoms with Gasteiger partial charge >= 0.3 is 0 Å². The van der Waals surface area contributed by atoms with Gasteiger partial charge in [0.25, 0.3) is 11.8 Å². The molecule has 11 heteroatoms. The standard InChI is InChI=1S/C35H51N3O8/c1-23(2)19-28(30(41)35(21-40)22-46-35)36-32(43)29(20-39)37-31(42)25(24-13-8-9-14-24)15-7-5-3-4-6-12-18-38-33(44)26-16-10-11-17-27(26)34(38)45/h10-11,16-17,23-25,28-29,39-40H,3-9,12-15,18-22H2,1-2H3,(H,36,43)(H,37,42)/t25?,28?,29-,35+/m0/s1. The van der Waals surface area contributed by atoms with E-state index in [0.717, 1.165) is 64.2 Å². The minimum atomic E-state index is -1.28. The Bertz CT molecular complexity index is 1200. The smallest absolute Gasteiger partial charge is 0.261 e. The van der Waals surface area contributed by atoms with Crippen molar-refractivity contribution in [3.63, 3.8) is 0 Å². The number of hydrogen-bond acceptors (Lipinski definition) is 8. The van der Waals surface area contributed by atoms with Crippen molar-refractivity contribution < 1.29 is 38.9 Å². The summed E-state index contributed by atoms with van der Waals surface area (Å²) in [5, 5.41) is 25.1. The maximum absolute atomic E-state index is 13.5. The van der Waals surface area contributed by atoms with Crippen molar-refractivity contribution >= 4 is 29.4 Å². The van der Waals surface area contributed by atoms with Crippen molar-refractivity contribution in [2.75, 3.05) is 26.4 Å². The summed E-state index contributed by atoms with van der Waals surface area (Å²) >= 11 is 0. The van der Waals surface area contributed by atoms with Crippen LogP contribution in [-0.2, 0) is 19.1 Å². The second kappa shape index (κ2) is 16.6. The van der Waals surface area contributed by atoms with E-state index in [1.54, 1.807) is 24.3 Å². The van der Waals surface area contributed by atoms with E-state index in [1.165, 1.54) is 4.90 Å². The molecular weight excluding hydrogens is 590 g/mol. The Morgan fingerprint density at radius 3 is 2.00 bits per heavy atom. The van der Waals surface area contributed by atoms with Crippen molar-refractivity contribution in [3.8, 4) is 0 Å².